The summed E-state index contributed by atoms with van der Waals surface area (Å²) in [5.41, 5.74) is 5.62. The van der Waals surface area contributed by atoms with Crippen LogP contribution in [0, 0.1) is 0 Å². The molecule has 1 atom stereocenters. The van der Waals surface area contributed by atoms with Crippen LogP contribution < -0.4 is 5.73 Å². The van der Waals surface area contributed by atoms with Crippen LogP contribution >= 0.6 is 0 Å². The van der Waals surface area contributed by atoms with Crippen LogP contribution in [0.3, 0.4) is 0 Å². The topological polar surface area (TPSA) is 92.9 Å². The van der Waals surface area contributed by atoms with Gasteiger partial charge in [-0.2, -0.15) is 0 Å². The molecule has 0 saturated carbocycles. The van der Waals surface area contributed by atoms with E-state index < -0.39 is 17.9 Å². The molecule has 96 valence electrons. The number of ether oxygens (including phenoxy) is 1. The lowest BCUT2D eigenvalue weighted by atomic mass is 10.1. The molecule has 2 N–H and O–H groups in total. The van der Waals surface area contributed by atoms with Crippen molar-refractivity contribution in [3.8, 4) is 0 Å². The summed E-state index contributed by atoms with van der Waals surface area (Å²) < 4.78 is 4.74. The molecule has 0 spiro atoms. The standard InChI is InChI=1S/C10H17N3O4/c1-3-17-9(15)6-13-10(16)7(11)4-5-8(14)12(13)2/h7H,3-6,11H2,1-2H3/t7-/m0/s1. The third-order valence-electron chi connectivity index (χ3n) is 2.55. The van der Waals surface area contributed by atoms with E-state index in [0.717, 1.165) is 10.0 Å². The Hall–Kier alpha value is -1.63. The quantitative estimate of drug-likeness (QED) is 0.633. The molecule has 1 aliphatic rings. The molecule has 2 amide bonds. The molecule has 7 heteroatoms. The highest BCUT2D eigenvalue weighted by Crippen LogP contribution is 2.11. The molecule has 0 aromatic heterocycles. The Balaban J connectivity index is 2.79. The minimum atomic E-state index is -0.752. The average molecular weight is 243 g/mol. The van der Waals surface area contributed by atoms with Crippen molar-refractivity contribution in [3.63, 3.8) is 0 Å². The van der Waals surface area contributed by atoms with Crippen LogP contribution in [0.25, 0.3) is 0 Å². The minimum Gasteiger partial charge on any atom is -0.465 e. The van der Waals surface area contributed by atoms with E-state index in [1.54, 1.807) is 6.92 Å². The normalized spacial score (nSPS) is 21.5. The van der Waals surface area contributed by atoms with Gasteiger partial charge in [-0.1, -0.05) is 0 Å². The molecule has 1 saturated heterocycles. The summed E-state index contributed by atoms with van der Waals surface area (Å²) in [6, 6.07) is -0.752. The zero-order valence-electron chi connectivity index (χ0n) is 10.0. The summed E-state index contributed by atoms with van der Waals surface area (Å²) in [5.74, 6) is -1.24. The molecule has 0 bridgehead atoms. The fourth-order valence-corrected chi connectivity index (χ4v) is 1.55. The van der Waals surface area contributed by atoms with Gasteiger partial charge in [-0.3, -0.25) is 19.4 Å². The third kappa shape index (κ3) is 3.16. The summed E-state index contributed by atoms with van der Waals surface area (Å²) in [6.45, 7) is 1.61. The molecule has 1 heterocycles. The maximum Gasteiger partial charge on any atom is 0.327 e. The molecule has 1 aliphatic heterocycles. The van der Waals surface area contributed by atoms with Crippen LogP contribution in [0.1, 0.15) is 19.8 Å². The number of hydrogen-bond acceptors (Lipinski definition) is 5. The Morgan fingerprint density at radius 3 is 2.76 bits per heavy atom. The van der Waals surface area contributed by atoms with Gasteiger partial charge in [0.05, 0.1) is 12.6 Å². The Kier molecular flexibility index (Phi) is 4.45. The lowest BCUT2D eigenvalue weighted by molar-refractivity contribution is -0.166. The Labute approximate surface area is 99.4 Å². The maximum absolute atomic E-state index is 11.8. The van der Waals surface area contributed by atoms with Crippen LogP contribution in [0.2, 0.25) is 0 Å². The molecular weight excluding hydrogens is 226 g/mol. The third-order valence-corrected chi connectivity index (χ3v) is 2.55. The van der Waals surface area contributed by atoms with Crippen molar-refractivity contribution in [2.45, 2.75) is 25.8 Å². The summed E-state index contributed by atoms with van der Waals surface area (Å²) in [7, 11) is 1.44. The van der Waals surface area contributed by atoms with Gasteiger partial charge >= 0.3 is 5.97 Å². The first-order chi connectivity index (χ1) is 7.97. The highest BCUT2D eigenvalue weighted by Gasteiger charge is 2.33. The summed E-state index contributed by atoms with van der Waals surface area (Å²) in [6.07, 6.45) is 0.490. The van der Waals surface area contributed by atoms with Crippen LogP contribution in [-0.2, 0) is 19.1 Å². The summed E-state index contributed by atoms with van der Waals surface area (Å²) >= 11 is 0. The molecule has 17 heavy (non-hydrogen) atoms. The Morgan fingerprint density at radius 2 is 2.18 bits per heavy atom. The highest BCUT2D eigenvalue weighted by molar-refractivity contribution is 5.90. The van der Waals surface area contributed by atoms with E-state index in [1.165, 1.54) is 7.05 Å². The number of rotatable bonds is 3. The van der Waals surface area contributed by atoms with E-state index in [4.69, 9.17) is 10.5 Å². The van der Waals surface area contributed by atoms with Gasteiger partial charge in [-0.15, -0.1) is 0 Å². The lowest BCUT2D eigenvalue weighted by Gasteiger charge is -2.29. The number of nitrogens with zero attached hydrogens (tertiary/aromatic N) is 2. The monoisotopic (exact) mass is 243 g/mol. The van der Waals surface area contributed by atoms with E-state index >= 15 is 0 Å². The van der Waals surface area contributed by atoms with Crippen LogP contribution in [0.4, 0.5) is 0 Å². The fraction of sp³-hybridized carbons (Fsp3) is 0.700. The first-order valence-electron chi connectivity index (χ1n) is 5.46. The molecule has 1 fully saturated rings. The molecular formula is C10H17N3O4. The molecule has 0 radical (unpaired) electrons. The number of carbonyl (C=O) groups is 3. The van der Waals surface area contributed by atoms with Crippen molar-refractivity contribution >= 4 is 17.8 Å². The van der Waals surface area contributed by atoms with E-state index in [0.29, 0.717) is 6.42 Å². The SMILES string of the molecule is CCOC(=O)CN1C(=O)[C@@H](N)CCC(=O)N1C. The molecule has 0 aromatic carbocycles. The van der Waals surface area contributed by atoms with Gasteiger partial charge in [0.15, 0.2) is 0 Å². The predicted octanol–water partition coefficient (Wildman–Crippen LogP) is -1.13. The van der Waals surface area contributed by atoms with E-state index in [2.05, 4.69) is 0 Å². The van der Waals surface area contributed by atoms with Crippen molar-refractivity contribution in [2.75, 3.05) is 20.2 Å². The summed E-state index contributed by atoms with van der Waals surface area (Å²) in [5, 5.41) is 2.17. The summed E-state index contributed by atoms with van der Waals surface area (Å²) in [4.78, 5) is 34.8. The smallest absolute Gasteiger partial charge is 0.327 e. The number of hydrogen-bond donors (Lipinski definition) is 1. The zero-order chi connectivity index (χ0) is 13.0. The van der Waals surface area contributed by atoms with Gasteiger partial charge in [0.1, 0.15) is 6.54 Å². The second kappa shape index (κ2) is 5.62. The second-order valence-corrected chi connectivity index (χ2v) is 3.76. The first kappa shape index (κ1) is 13.4. The number of esters is 1. The highest BCUT2D eigenvalue weighted by atomic mass is 16.5. The van der Waals surface area contributed by atoms with E-state index in [9.17, 15) is 14.4 Å². The van der Waals surface area contributed by atoms with Crippen molar-refractivity contribution in [3.05, 3.63) is 0 Å². The first-order valence-corrected chi connectivity index (χ1v) is 5.46. The lowest BCUT2D eigenvalue weighted by Crippen LogP contribution is -2.52. The number of carbonyl (C=O) groups excluding carboxylic acids is 3. The number of amides is 2. The van der Waals surface area contributed by atoms with E-state index in [1.807, 2.05) is 0 Å². The largest absolute Gasteiger partial charge is 0.465 e. The number of hydrazine groups is 1. The van der Waals surface area contributed by atoms with Gasteiger partial charge in [0.25, 0.3) is 5.91 Å². The molecule has 1 rings (SSSR count). The van der Waals surface area contributed by atoms with Crippen LogP contribution in [0.5, 0.6) is 0 Å². The van der Waals surface area contributed by atoms with Crippen LogP contribution in [-0.4, -0.2) is 54.0 Å². The van der Waals surface area contributed by atoms with Gasteiger partial charge in [0.2, 0.25) is 5.91 Å². The van der Waals surface area contributed by atoms with Gasteiger partial charge in [-0.05, 0) is 13.3 Å². The maximum atomic E-state index is 11.8. The molecule has 0 unspecified atom stereocenters. The molecule has 0 aromatic rings. The Bertz CT molecular complexity index is 332. The van der Waals surface area contributed by atoms with Crippen molar-refractivity contribution in [2.24, 2.45) is 5.73 Å². The molecule has 0 aliphatic carbocycles. The zero-order valence-corrected chi connectivity index (χ0v) is 10.0. The Morgan fingerprint density at radius 1 is 1.53 bits per heavy atom. The van der Waals surface area contributed by atoms with Crippen molar-refractivity contribution in [1.29, 1.82) is 0 Å². The van der Waals surface area contributed by atoms with Gasteiger partial charge in [0, 0.05) is 13.5 Å². The van der Waals surface area contributed by atoms with Crippen molar-refractivity contribution < 1.29 is 19.1 Å². The second-order valence-electron chi connectivity index (χ2n) is 3.76. The molecule has 7 nitrogen and oxygen atoms in total. The number of nitrogens with two attached hydrogens (primary N) is 1. The van der Waals surface area contributed by atoms with Gasteiger partial charge < -0.3 is 10.5 Å². The predicted molar refractivity (Wildman–Crippen MR) is 58.3 cm³/mol. The average Bonchev–Trinajstić information content (AvgIpc) is 2.37. The fourth-order valence-electron chi connectivity index (χ4n) is 1.55. The van der Waals surface area contributed by atoms with E-state index in [-0.39, 0.29) is 25.5 Å². The van der Waals surface area contributed by atoms with Gasteiger partial charge in [-0.25, -0.2) is 5.01 Å². The van der Waals surface area contributed by atoms with Crippen molar-refractivity contribution in [1.82, 2.24) is 10.0 Å². The van der Waals surface area contributed by atoms with Crippen LogP contribution in [0.15, 0.2) is 0 Å². The minimum absolute atomic E-state index is 0.197.